The van der Waals surface area contributed by atoms with Crippen LogP contribution >= 0.6 is 11.6 Å². The molecule has 0 radical (unpaired) electrons. The van der Waals surface area contributed by atoms with Crippen molar-refractivity contribution in [2.75, 3.05) is 25.2 Å². The molecule has 1 fully saturated rings. The van der Waals surface area contributed by atoms with Crippen molar-refractivity contribution in [3.05, 3.63) is 17.0 Å². The van der Waals surface area contributed by atoms with Crippen LogP contribution in [0.1, 0.15) is 25.1 Å². The number of rotatable bonds is 3. The van der Waals surface area contributed by atoms with Crippen LogP contribution in [0.4, 0.5) is 5.82 Å². The summed E-state index contributed by atoms with van der Waals surface area (Å²) < 4.78 is 5.28. The molecule has 2 heterocycles. The lowest BCUT2D eigenvalue weighted by atomic mass is 10.0. The number of hydrogen-bond donors (Lipinski definition) is 0. The molecule has 0 spiro atoms. The lowest BCUT2D eigenvalue weighted by Gasteiger charge is -2.36. The highest BCUT2D eigenvalue weighted by atomic mass is 35.5. The summed E-state index contributed by atoms with van der Waals surface area (Å²) in [6.07, 6.45) is 3.59. The van der Waals surface area contributed by atoms with Crippen molar-refractivity contribution >= 4 is 17.4 Å². The van der Waals surface area contributed by atoms with Crippen LogP contribution in [0.5, 0.6) is 0 Å². The van der Waals surface area contributed by atoms with Gasteiger partial charge in [0.15, 0.2) is 0 Å². The summed E-state index contributed by atoms with van der Waals surface area (Å²) in [5, 5.41) is 0.509. The summed E-state index contributed by atoms with van der Waals surface area (Å²) in [5.41, 5.74) is 0. The van der Waals surface area contributed by atoms with Gasteiger partial charge < -0.3 is 9.64 Å². The van der Waals surface area contributed by atoms with Gasteiger partial charge in [-0.15, -0.1) is 0 Å². The van der Waals surface area contributed by atoms with E-state index in [0.29, 0.717) is 17.0 Å². The van der Waals surface area contributed by atoms with Gasteiger partial charge in [-0.2, -0.15) is 0 Å². The quantitative estimate of drug-likeness (QED) is 0.778. The smallest absolute Gasteiger partial charge is 0.134 e. The summed E-state index contributed by atoms with van der Waals surface area (Å²) in [5.74, 6) is 1.64. The van der Waals surface area contributed by atoms with Gasteiger partial charge >= 0.3 is 0 Å². The standard InChI is InChI=1S/C12H18ClN3O/c1-9-14-11(13)7-12(15-9)16-6-4-3-5-10(16)8-17-2/h7,10H,3-6,8H2,1-2H3/t10-/m0/s1. The Hall–Kier alpha value is -0.870. The fourth-order valence-electron chi connectivity index (χ4n) is 2.33. The molecule has 0 N–H and O–H groups in total. The van der Waals surface area contributed by atoms with Gasteiger partial charge in [0.25, 0.3) is 0 Å². The SMILES string of the molecule is COC[C@@H]1CCCCN1c1cc(Cl)nc(C)n1. The van der Waals surface area contributed by atoms with Gasteiger partial charge in [0.1, 0.15) is 16.8 Å². The van der Waals surface area contributed by atoms with E-state index in [1.54, 1.807) is 7.11 Å². The molecule has 0 saturated carbocycles. The second-order valence-corrected chi connectivity index (χ2v) is 4.78. The minimum absolute atomic E-state index is 0.402. The minimum atomic E-state index is 0.402. The Bertz CT molecular complexity index is 364. The molecule has 1 aliphatic heterocycles. The molecule has 0 bridgehead atoms. The first-order valence-corrected chi connectivity index (χ1v) is 6.35. The zero-order chi connectivity index (χ0) is 12.3. The molecule has 0 aliphatic carbocycles. The predicted molar refractivity (Wildman–Crippen MR) is 68.6 cm³/mol. The van der Waals surface area contributed by atoms with Gasteiger partial charge in [0, 0.05) is 19.7 Å². The normalized spacial score (nSPS) is 20.6. The highest BCUT2D eigenvalue weighted by molar-refractivity contribution is 6.29. The van der Waals surface area contributed by atoms with Crippen molar-refractivity contribution in [2.45, 2.75) is 32.2 Å². The number of halogens is 1. The summed E-state index contributed by atoms with van der Waals surface area (Å²) in [7, 11) is 1.74. The Balaban J connectivity index is 2.22. The maximum atomic E-state index is 5.99. The molecule has 0 aromatic carbocycles. The molecule has 5 heteroatoms. The summed E-state index contributed by atoms with van der Waals surface area (Å²) in [6.45, 7) is 3.62. The first-order chi connectivity index (χ1) is 8.20. The van der Waals surface area contributed by atoms with E-state index in [1.807, 2.05) is 13.0 Å². The number of nitrogens with zero attached hydrogens (tertiary/aromatic N) is 3. The van der Waals surface area contributed by atoms with E-state index >= 15 is 0 Å². The van der Waals surface area contributed by atoms with Crippen LogP contribution in [-0.4, -0.2) is 36.3 Å². The molecule has 0 unspecified atom stereocenters. The van der Waals surface area contributed by atoms with Crippen molar-refractivity contribution in [3.8, 4) is 0 Å². The molecular formula is C12H18ClN3O. The van der Waals surface area contributed by atoms with Crippen molar-refractivity contribution in [3.63, 3.8) is 0 Å². The first-order valence-electron chi connectivity index (χ1n) is 5.97. The van der Waals surface area contributed by atoms with E-state index in [2.05, 4.69) is 14.9 Å². The first kappa shape index (κ1) is 12.6. The zero-order valence-corrected chi connectivity index (χ0v) is 11.1. The molecule has 17 heavy (non-hydrogen) atoms. The van der Waals surface area contributed by atoms with Crippen LogP contribution in [-0.2, 0) is 4.74 Å². The molecular weight excluding hydrogens is 238 g/mol. The van der Waals surface area contributed by atoms with Crippen molar-refractivity contribution < 1.29 is 4.74 Å². The number of anilines is 1. The van der Waals surface area contributed by atoms with E-state index in [-0.39, 0.29) is 0 Å². The second kappa shape index (κ2) is 5.65. The van der Waals surface area contributed by atoms with Crippen LogP contribution in [0.25, 0.3) is 0 Å². The average molecular weight is 256 g/mol. The van der Waals surface area contributed by atoms with Crippen molar-refractivity contribution in [1.82, 2.24) is 9.97 Å². The molecule has 1 aromatic rings. The van der Waals surface area contributed by atoms with Crippen molar-refractivity contribution in [2.24, 2.45) is 0 Å². The number of piperidine rings is 1. The zero-order valence-electron chi connectivity index (χ0n) is 10.3. The maximum Gasteiger partial charge on any atom is 0.134 e. The molecule has 4 nitrogen and oxygen atoms in total. The molecule has 2 rings (SSSR count). The number of methoxy groups -OCH3 is 1. The second-order valence-electron chi connectivity index (χ2n) is 4.39. The lowest BCUT2D eigenvalue weighted by molar-refractivity contribution is 0.166. The summed E-state index contributed by atoms with van der Waals surface area (Å²) in [4.78, 5) is 10.8. The van der Waals surface area contributed by atoms with Gasteiger partial charge in [0.05, 0.1) is 12.6 Å². The summed E-state index contributed by atoms with van der Waals surface area (Å²) in [6, 6.07) is 2.24. The maximum absolute atomic E-state index is 5.99. The van der Waals surface area contributed by atoms with Gasteiger partial charge in [-0.05, 0) is 26.2 Å². The highest BCUT2D eigenvalue weighted by Gasteiger charge is 2.23. The average Bonchev–Trinajstić information content (AvgIpc) is 2.29. The Morgan fingerprint density at radius 2 is 2.29 bits per heavy atom. The number of aryl methyl sites for hydroxylation is 1. The summed E-state index contributed by atoms with van der Waals surface area (Å²) >= 11 is 5.99. The number of aromatic nitrogens is 2. The predicted octanol–water partition coefficient (Wildman–Crippen LogP) is 2.44. The Labute approximate surface area is 107 Å². The Morgan fingerprint density at radius 3 is 3.00 bits per heavy atom. The third-order valence-corrected chi connectivity index (χ3v) is 3.27. The molecule has 1 saturated heterocycles. The molecule has 1 aliphatic rings. The molecule has 1 atom stereocenters. The van der Waals surface area contributed by atoms with Gasteiger partial charge in [-0.25, -0.2) is 9.97 Å². The van der Waals surface area contributed by atoms with E-state index in [4.69, 9.17) is 16.3 Å². The van der Waals surface area contributed by atoms with Crippen LogP contribution in [0.3, 0.4) is 0 Å². The topological polar surface area (TPSA) is 38.2 Å². The minimum Gasteiger partial charge on any atom is -0.383 e. The van der Waals surface area contributed by atoms with E-state index in [0.717, 1.165) is 25.4 Å². The third-order valence-electron chi connectivity index (χ3n) is 3.07. The van der Waals surface area contributed by atoms with E-state index < -0.39 is 0 Å². The van der Waals surface area contributed by atoms with Gasteiger partial charge in [-0.1, -0.05) is 11.6 Å². The Kier molecular flexibility index (Phi) is 4.18. The van der Waals surface area contributed by atoms with Crippen LogP contribution < -0.4 is 4.90 Å². The van der Waals surface area contributed by atoms with Gasteiger partial charge in [-0.3, -0.25) is 0 Å². The Morgan fingerprint density at radius 1 is 1.47 bits per heavy atom. The molecule has 94 valence electrons. The highest BCUT2D eigenvalue weighted by Crippen LogP contribution is 2.24. The number of hydrogen-bond acceptors (Lipinski definition) is 4. The molecule has 1 aromatic heterocycles. The van der Waals surface area contributed by atoms with E-state index in [9.17, 15) is 0 Å². The van der Waals surface area contributed by atoms with Crippen LogP contribution in [0.15, 0.2) is 6.07 Å². The van der Waals surface area contributed by atoms with Crippen molar-refractivity contribution in [1.29, 1.82) is 0 Å². The third kappa shape index (κ3) is 3.07. The molecule has 0 amide bonds. The van der Waals surface area contributed by atoms with Gasteiger partial charge in [0.2, 0.25) is 0 Å². The van der Waals surface area contributed by atoms with Crippen LogP contribution in [0.2, 0.25) is 5.15 Å². The monoisotopic (exact) mass is 255 g/mol. The van der Waals surface area contributed by atoms with Crippen LogP contribution in [0, 0.1) is 6.92 Å². The fourth-order valence-corrected chi connectivity index (χ4v) is 2.55. The van der Waals surface area contributed by atoms with E-state index in [1.165, 1.54) is 12.8 Å². The number of ether oxygens (including phenoxy) is 1. The largest absolute Gasteiger partial charge is 0.383 e. The fraction of sp³-hybridized carbons (Fsp3) is 0.667. The lowest BCUT2D eigenvalue weighted by Crippen LogP contribution is -2.43.